The Kier molecular flexibility index (Phi) is 3.22. The molecule has 0 spiro atoms. The quantitative estimate of drug-likeness (QED) is 0.650. The van der Waals surface area contributed by atoms with Gasteiger partial charge in [-0.15, -0.1) is 6.58 Å². The summed E-state index contributed by atoms with van der Waals surface area (Å²) in [4.78, 5) is 4.33. The number of benzene rings is 1. The highest BCUT2D eigenvalue weighted by Crippen LogP contribution is 2.26. The van der Waals surface area contributed by atoms with Gasteiger partial charge in [0.05, 0.1) is 5.52 Å². The van der Waals surface area contributed by atoms with Crippen LogP contribution in [0.2, 0.25) is 5.15 Å². The molecule has 1 aromatic heterocycles. The van der Waals surface area contributed by atoms with E-state index in [0.29, 0.717) is 11.6 Å². The average molecular weight is 233 g/mol. The van der Waals surface area contributed by atoms with E-state index in [2.05, 4.69) is 11.6 Å². The first-order valence-electron chi connectivity index (χ1n) is 5.14. The number of pyridine rings is 1. The first-order chi connectivity index (χ1) is 7.72. The second kappa shape index (κ2) is 4.64. The van der Waals surface area contributed by atoms with Gasteiger partial charge in [0.15, 0.2) is 0 Å². The second-order valence-electron chi connectivity index (χ2n) is 3.69. The third-order valence-corrected chi connectivity index (χ3v) is 2.83. The summed E-state index contributed by atoms with van der Waals surface area (Å²) in [5, 5.41) is 1.54. The van der Waals surface area contributed by atoms with Crippen molar-refractivity contribution >= 4 is 22.5 Å². The molecule has 16 heavy (non-hydrogen) atoms. The number of rotatable bonds is 3. The molecule has 82 valence electrons. The molecule has 0 fully saturated rings. The SMILES string of the molecule is C=CC[C@H](N)c1cc2ccccc2nc1Cl. The fourth-order valence-electron chi connectivity index (χ4n) is 1.68. The molecule has 0 aliphatic carbocycles. The lowest BCUT2D eigenvalue weighted by Crippen LogP contribution is -2.10. The van der Waals surface area contributed by atoms with Crippen LogP contribution in [0.25, 0.3) is 10.9 Å². The molecule has 0 saturated carbocycles. The Morgan fingerprint density at radius 2 is 2.19 bits per heavy atom. The van der Waals surface area contributed by atoms with Crippen LogP contribution in [0.5, 0.6) is 0 Å². The third-order valence-electron chi connectivity index (χ3n) is 2.52. The Labute approximate surface area is 99.7 Å². The zero-order valence-electron chi connectivity index (χ0n) is 8.86. The van der Waals surface area contributed by atoms with E-state index in [1.54, 1.807) is 6.08 Å². The van der Waals surface area contributed by atoms with Gasteiger partial charge in [0.2, 0.25) is 0 Å². The Hall–Kier alpha value is -1.38. The van der Waals surface area contributed by atoms with E-state index in [-0.39, 0.29) is 6.04 Å². The fourth-order valence-corrected chi connectivity index (χ4v) is 1.96. The normalized spacial score (nSPS) is 12.6. The summed E-state index contributed by atoms with van der Waals surface area (Å²) in [7, 11) is 0. The lowest BCUT2D eigenvalue weighted by molar-refractivity contribution is 0.740. The third kappa shape index (κ3) is 2.08. The van der Waals surface area contributed by atoms with Crippen LogP contribution in [0.4, 0.5) is 0 Å². The number of fused-ring (bicyclic) bond motifs is 1. The van der Waals surface area contributed by atoms with Gasteiger partial charge in [-0.25, -0.2) is 4.98 Å². The van der Waals surface area contributed by atoms with Crippen molar-refractivity contribution in [2.75, 3.05) is 0 Å². The molecule has 0 aliphatic rings. The highest BCUT2D eigenvalue weighted by Gasteiger charge is 2.11. The summed E-state index contributed by atoms with van der Waals surface area (Å²) in [6.07, 6.45) is 2.48. The second-order valence-corrected chi connectivity index (χ2v) is 4.05. The van der Waals surface area contributed by atoms with Crippen LogP contribution in [0.15, 0.2) is 43.0 Å². The minimum absolute atomic E-state index is 0.137. The van der Waals surface area contributed by atoms with E-state index in [1.165, 1.54) is 0 Å². The highest BCUT2D eigenvalue weighted by molar-refractivity contribution is 6.30. The number of halogens is 1. The van der Waals surface area contributed by atoms with Gasteiger partial charge in [-0.2, -0.15) is 0 Å². The van der Waals surface area contributed by atoms with Crippen molar-refractivity contribution in [3.8, 4) is 0 Å². The molecule has 2 rings (SSSR count). The number of nitrogens with zero attached hydrogens (tertiary/aromatic N) is 1. The number of aromatic nitrogens is 1. The number of hydrogen-bond donors (Lipinski definition) is 1. The minimum Gasteiger partial charge on any atom is -0.324 e. The minimum atomic E-state index is -0.137. The van der Waals surface area contributed by atoms with E-state index >= 15 is 0 Å². The number of para-hydroxylation sites is 1. The van der Waals surface area contributed by atoms with Gasteiger partial charge in [0.1, 0.15) is 5.15 Å². The maximum absolute atomic E-state index is 6.11. The van der Waals surface area contributed by atoms with E-state index < -0.39 is 0 Å². The predicted octanol–water partition coefficient (Wildman–Crippen LogP) is 3.46. The van der Waals surface area contributed by atoms with Crippen molar-refractivity contribution in [1.82, 2.24) is 4.98 Å². The summed E-state index contributed by atoms with van der Waals surface area (Å²) >= 11 is 6.11. The summed E-state index contributed by atoms with van der Waals surface area (Å²) in [6.45, 7) is 3.67. The Morgan fingerprint density at radius 1 is 1.44 bits per heavy atom. The molecule has 3 heteroatoms. The predicted molar refractivity (Wildman–Crippen MR) is 68.5 cm³/mol. The molecule has 0 bridgehead atoms. The van der Waals surface area contributed by atoms with E-state index in [0.717, 1.165) is 16.5 Å². The van der Waals surface area contributed by atoms with E-state index in [4.69, 9.17) is 17.3 Å². The lowest BCUT2D eigenvalue weighted by atomic mass is 10.0. The van der Waals surface area contributed by atoms with Crippen LogP contribution in [-0.2, 0) is 0 Å². The van der Waals surface area contributed by atoms with Gasteiger partial charge in [-0.05, 0) is 18.6 Å². The van der Waals surface area contributed by atoms with Gasteiger partial charge in [-0.3, -0.25) is 0 Å². The summed E-state index contributed by atoms with van der Waals surface area (Å²) in [5.74, 6) is 0. The largest absolute Gasteiger partial charge is 0.324 e. The maximum Gasteiger partial charge on any atom is 0.134 e. The van der Waals surface area contributed by atoms with Crippen LogP contribution in [0, 0.1) is 0 Å². The number of hydrogen-bond acceptors (Lipinski definition) is 2. The highest BCUT2D eigenvalue weighted by atomic mass is 35.5. The van der Waals surface area contributed by atoms with Gasteiger partial charge >= 0.3 is 0 Å². The van der Waals surface area contributed by atoms with Crippen LogP contribution in [0.3, 0.4) is 0 Å². The van der Waals surface area contributed by atoms with E-state index in [9.17, 15) is 0 Å². The summed E-state index contributed by atoms with van der Waals surface area (Å²) in [5.41, 5.74) is 7.77. The molecule has 0 radical (unpaired) electrons. The van der Waals surface area contributed by atoms with Gasteiger partial charge in [0.25, 0.3) is 0 Å². The Bertz CT molecular complexity index is 522. The molecule has 2 nitrogen and oxygen atoms in total. The Morgan fingerprint density at radius 3 is 2.94 bits per heavy atom. The van der Waals surface area contributed by atoms with Gasteiger partial charge in [0, 0.05) is 17.0 Å². The van der Waals surface area contributed by atoms with Crippen molar-refractivity contribution in [1.29, 1.82) is 0 Å². The van der Waals surface area contributed by atoms with Crippen LogP contribution >= 0.6 is 11.6 Å². The molecular weight excluding hydrogens is 220 g/mol. The molecule has 0 amide bonds. The van der Waals surface area contributed by atoms with Crippen LogP contribution in [-0.4, -0.2) is 4.98 Å². The molecule has 0 unspecified atom stereocenters. The monoisotopic (exact) mass is 232 g/mol. The average Bonchev–Trinajstić information content (AvgIpc) is 2.28. The molecule has 0 aliphatic heterocycles. The van der Waals surface area contributed by atoms with Crippen molar-refractivity contribution in [3.05, 3.63) is 53.7 Å². The molecule has 2 aromatic rings. The fraction of sp³-hybridized carbons (Fsp3) is 0.154. The number of nitrogens with two attached hydrogens (primary N) is 1. The van der Waals surface area contributed by atoms with Gasteiger partial charge in [-0.1, -0.05) is 35.9 Å². The smallest absolute Gasteiger partial charge is 0.134 e. The summed E-state index contributed by atoms with van der Waals surface area (Å²) < 4.78 is 0. The van der Waals surface area contributed by atoms with Crippen LogP contribution < -0.4 is 5.73 Å². The van der Waals surface area contributed by atoms with Crippen LogP contribution in [0.1, 0.15) is 18.0 Å². The molecule has 1 heterocycles. The zero-order chi connectivity index (χ0) is 11.5. The molecule has 2 N–H and O–H groups in total. The van der Waals surface area contributed by atoms with Gasteiger partial charge < -0.3 is 5.73 Å². The maximum atomic E-state index is 6.11. The zero-order valence-corrected chi connectivity index (χ0v) is 9.61. The van der Waals surface area contributed by atoms with Crippen molar-refractivity contribution in [2.24, 2.45) is 5.73 Å². The topological polar surface area (TPSA) is 38.9 Å². The first-order valence-corrected chi connectivity index (χ1v) is 5.52. The summed E-state index contributed by atoms with van der Waals surface area (Å²) in [6, 6.07) is 9.71. The molecule has 0 saturated heterocycles. The standard InChI is InChI=1S/C13H13ClN2/c1-2-5-11(15)10-8-9-6-3-4-7-12(9)16-13(10)14/h2-4,6-8,11H,1,5,15H2/t11-/m0/s1. The van der Waals surface area contributed by atoms with Crippen molar-refractivity contribution in [2.45, 2.75) is 12.5 Å². The van der Waals surface area contributed by atoms with E-state index in [1.807, 2.05) is 30.3 Å². The lowest BCUT2D eigenvalue weighted by Gasteiger charge is -2.12. The molecule has 1 atom stereocenters. The van der Waals surface area contributed by atoms with Crippen molar-refractivity contribution < 1.29 is 0 Å². The molecular formula is C13H13ClN2. The Balaban J connectivity index is 2.53. The van der Waals surface area contributed by atoms with Crippen molar-refractivity contribution in [3.63, 3.8) is 0 Å². The first kappa shape index (κ1) is 11.1. The molecule has 1 aromatic carbocycles.